The Bertz CT molecular complexity index is 547. The zero-order valence-electron chi connectivity index (χ0n) is 12.9. The second-order valence-electron chi connectivity index (χ2n) is 6.87. The number of hydrogen-bond acceptors (Lipinski definition) is 4. The second-order valence-corrected chi connectivity index (χ2v) is 7.79. The molecule has 0 spiro atoms. The van der Waals surface area contributed by atoms with Crippen molar-refractivity contribution >= 4 is 17.2 Å². The summed E-state index contributed by atoms with van der Waals surface area (Å²) in [6, 6.07) is 2.46. The summed E-state index contributed by atoms with van der Waals surface area (Å²) in [5.41, 5.74) is 1.28. The molecule has 3 fully saturated rings. The number of carbonyl (C=O) groups is 1. The molecule has 120 valence electrons. The molecular formula is C17H24N2O2S. The molecule has 4 rings (SSSR count). The third kappa shape index (κ3) is 2.70. The Morgan fingerprint density at radius 2 is 1.91 bits per heavy atom. The van der Waals surface area contributed by atoms with Gasteiger partial charge in [-0.25, -0.2) is 0 Å². The van der Waals surface area contributed by atoms with Gasteiger partial charge in [-0.15, -0.1) is 11.3 Å². The van der Waals surface area contributed by atoms with E-state index in [0.29, 0.717) is 12.0 Å². The number of carbonyl (C=O) groups excluding carboxylic acids is 1. The van der Waals surface area contributed by atoms with E-state index in [1.54, 1.807) is 11.3 Å². The zero-order valence-corrected chi connectivity index (χ0v) is 13.7. The molecule has 0 unspecified atom stereocenters. The Morgan fingerprint density at radius 3 is 2.55 bits per heavy atom. The van der Waals surface area contributed by atoms with Gasteiger partial charge < -0.3 is 10.0 Å². The van der Waals surface area contributed by atoms with Gasteiger partial charge in [0.05, 0.1) is 11.0 Å². The van der Waals surface area contributed by atoms with E-state index in [2.05, 4.69) is 16.3 Å². The minimum atomic E-state index is -0.166. The fourth-order valence-corrected chi connectivity index (χ4v) is 4.91. The minimum Gasteiger partial charge on any atom is -0.391 e. The fraction of sp³-hybridized carbons (Fsp3) is 0.706. The van der Waals surface area contributed by atoms with E-state index in [9.17, 15) is 9.90 Å². The molecule has 0 radical (unpaired) electrons. The molecule has 5 heteroatoms. The normalized spacial score (nSPS) is 30.0. The molecule has 1 aromatic heterocycles. The first-order valence-corrected chi connectivity index (χ1v) is 9.41. The van der Waals surface area contributed by atoms with Gasteiger partial charge in [0.25, 0.3) is 5.91 Å². The summed E-state index contributed by atoms with van der Waals surface area (Å²) in [4.78, 5) is 18.1. The van der Waals surface area contributed by atoms with E-state index in [1.165, 1.54) is 18.4 Å². The van der Waals surface area contributed by atoms with Crippen LogP contribution in [0.2, 0.25) is 0 Å². The van der Waals surface area contributed by atoms with Gasteiger partial charge in [-0.05, 0) is 55.0 Å². The molecule has 22 heavy (non-hydrogen) atoms. The highest BCUT2D eigenvalue weighted by Gasteiger charge is 2.35. The largest absolute Gasteiger partial charge is 0.391 e. The molecule has 1 saturated heterocycles. The summed E-state index contributed by atoms with van der Waals surface area (Å²) in [5.74, 6) is 0.864. The molecule has 0 bridgehead atoms. The van der Waals surface area contributed by atoms with E-state index in [-0.39, 0.29) is 12.0 Å². The molecule has 2 aliphatic carbocycles. The predicted molar refractivity (Wildman–Crippen MR) is 87.4 cm³/mol. The van der Waals surface area contributed by atoms with Crippen LogP contribution in [0.25, 0.3) is 0 Å². The van der Waals surface area contributed by atoms with Gasteiger partial charge in [-0.3, -0.25) is 9.69 Å². The molecule has 2 heterocycles. The molecule has 2 atom stereocenters. The van der Waals surface area contributed by atoms with Crippen LogP contribution in [0.15, 0.2) is 11.4 Å². The van der Waals surface area contributed by atoms with E-state index < -0.39 is 0 Å². The van der Waals surface area contributed by atoms with Crippen LogP contribution in [-0.4, -0.2) is 59.1 Å². The average Bonchev–Trinajstić information content (AvgIpc) is 3.11. The Labute approximate surface area is 135 Å². The fourth-order valence-electron chi connectivity index (χ4n) is 3.96. The third-order valence-corrected chi connectivity index (χ3v) is 6.34. The van der Waals surface area contributed by atoms with Gasteiger partial charge in [0.2, 0.25) is 0 Å². The molecule has 3 aliphatic rings. The number of aliphatic hydroxyl groups excluding tert-OH is 1. The van der Waals surface area contributed by atoms with Crippen molar-refractivity contribution in [2.45, 2.75) is 50.2 Å². The maximum atomic E-state index is 12.8. The zero-order chi connectivity index (χ0) is 15.1. The Kier molecular flexibility index (Phi) is 3.96. The van der Waals surface area contributed by atoms with Crippen molar-refractivity contribution in [2.24, 2.45) is 0 Å². The highest BCUT2D eigenvalue weighted by Crippen LogP contribution is 2.43. The van der Waals surface area contributed by atoms with Crippen LogP contribution in [-0.2, 0) is 0 Å². The van der Waals surface area contributed by atoms with E-state index in [1.807, 2.05) is 4.90 Å². The summed E-state index contributed by atoms with van der Waals surface area (Å²) < 4.78 is 0. The van der Waals surface area contributed by atoms with Crippen LogP contribution in [0, 0.1) is 0 Å². The summed E-state index contributed by atoms with van der Waals surface area (Å²) in [6.45, 7) is 3.39. The molecule has 1 N–H and O–H groups in total. The van der Waals surface area contributed by atoms with Crippen LogP contribution < -0.4 is 0 Å². The number of thiophene rings is 1. The number of nitrogens with zero attached hydrogens (tertiary/aromatic N) is 2. The summed E-state index contributed by atoms with van der Waals surface area (Å²) in [5, 5.41) is 12.1. The molecule has 2 saturated carbocycles. The molecule has 1 aromatic rings. The highest BCUT2D eigenvalue weighted by molar-refractivity contribution is 7.12. The van der Waals surface area contributed by atoms with Gasteiger partial charge in [-0.2, -0.15) is 0 Å². The monoisotopic (exact) mass is 320 g/mol. The van der Waals surface area contributed by atoms with Crippen molar-refractivity contribution in [3.8, 4) is 0 Å². The molecular weight excluding hydrogens is 296 g/mol. The van der Waals surface area contributed by atoms with Crippen molar-refractivity contribution in [1.82, 2.24) is 9.80 Å². The van der Waals surface area contributed by atoms with E-state index >= 15 is 0 Å². The number of hydrogen-bond donors (Lipinski definition) is 1. The van der Waals surface area contributed by atoms with E-state index in [4.69, 9.17) is 0 Å². The lowest BCUT2D eigenvalue weighted by Gasteiger charge is -2.39. The lowest BCUT2D eigenvalue weighted by molar-refractivity contribution is 0.0317. The topological polar surface area (TPSA) is 43.8 Å². The number of aliphatic hydroxyl groups is 1. The van der Waals surface area contributed by atoms with E-state index in [0.717, 1.165) is 50.3 Å². The number of rotatable bonds is 3. The summed E-state index contributed by atoms with van der Waals surface area (Å²) >= 11 is 1.60. The van der Waals surface area contributed by atoms with Crippen molar-refractivity contribution in [3.63, 3.8) is 0 Å². The third-order valence-electron chi connectivity index (χ3n) is 5.42. The standard InChI is InChI=1S/C17H24N2O2S/c20-15-3-1-2-14(15)18-7-9-19(10-8-18)17(21)16-13(6-11-22-16)12-4-5-12/h6,11-12,14-15,20H,1-5,7-10H2/t14-,15+/m1/s1. The van der Waals surface area contributed by atoms with Gasteiger partial charge >= 0.3 is 0 Å². The van der Waals surface area contributed by atoms with Gasteiger partial charge in [0, 0.05) is 32.2 Å². The van der Waals surface area contributed by atoms with Crippen molar-refractivity contribution in [1.29, 1.82) is 0 Å². The van der Waals surface area contributed by atoms with Crippen LogP contribution in [0.4, 0.5) is 0 Å². The van der Waals surface area contributed by atoms with Crippen molar-refractivity contribution in [3.05, 3.63) is 21.9 Å². The molecule has 1 aliphatic heterocycles. The van der Waals surface area contributed by atoms with Crippen LogP contribution >= 0.6 is 11.3 Å². The Hall–Kier alpha value is -0.910. The molecule has 4 nitrogen and oxygen atoms in total. The quantitative estimate of drug-likeness (QED) is 0.929. The molecule has 0 aromatic carbocycles. The number of amides is 1. The van der Waals surface area contributed by atoms with Crippen molar-refractivity contribution < 1.29 is 9.90 Å². The average molecular weight is 320 g/mol. The number of piperazine rings is 1. The van der Waals surface area contributed by atoms with Gasteiger partial charge in [-0.1, -0.05) is 0 Å². The van der Waals surface area contributed by atoms with Crippen LogP contribution in [0.3, 0.4) is 0 Å². The maximum Gasteiger partial charge on any atom is 0.264 e. The highest BCUT2D eigenvalue weighted by atomic mass is 32.1. The van der Waals surface area contributed by atoms with Crippen LogP contribution in [0.5, 0.6) is 0 Å². The van der Waals surface area contributed by atoms with Gasteiger partial charge in [0.1, 0.15) is 0 Å². The summed E-state index contributed by atoms with van der Waals surface area (Å²) in [6.07, 6.45) is 5.48. The first-order valence-electron chi connectivity index (χ1n) is 8.53. The van der Waals surface area contributed by atoms with Crippen LogP contribution in [0.1, 0.15) is 53.3 Å². The van der Waals surface area contributed by atoms with Gasteiger partial charge in [0.15, 0.2) is 0 Å². The SMILES string of the molecule is O=C(c1sccc1C1CC1)N1CCN([C@@H]2CCC[C@@H]2O)CC1. The lowest BCUT2D eigenvalue weighted by atomic mass is 10.1. The molecule has 1 amide bonds. The minimum absolute atomic E-state index is 0.166. The smallest absolute Gasteiger partial charge is 0.264 e. The maximum absolute atomic E-state index is 12.8. The predicted octanol–water partition coefficient (Wildman–Crippen LogP) is 2.30. The Balaban J connectivity index is 1.38. The first kappa shape index (κ1) is 14.7. The van der Waals surface area contributed by atoms with Crippen molar-refractivity contribution in [2.75, 3.05) is 26.2 Å². The summed E-state index contributed by atoms with van der Waals surface area (Å²) in [7, 11) is 0. The lowest BCUT2D eigenvalue weighted by Crippen LogP contribution is -2.53. The Morgan fingerprint density at radius 1 is 1.14 bits per heavy atom. The second kappa shape index (κ2) is 5.95. The first-order chi connectivity index (χ1) is 10.7.